The minimum atomic E-state index is -1.59. The summed E-state index contributed by atoms with van der Waals surface area (Å²) in [5.74, 6) is -1.42. The highest BCUT2D eigenvalue weighted by Crippen LogP contribution is 2.44. The van der Waals surface area contributed by atoms with Gasteiger partial charge in [-0.1, -0.05) is 6.08 Å². The summed E-state index contributed by atoms with van der Waals surface area (Å²) in [4.78, 5) is 12.0. The van der Waals surface area contributed by atoms with Gasteiger partial charge in [-0.3, -0.25) is 0 Å². The van der Waals surface area contributed by atoms with Gasteiger partial charge in [-0.15, -0.1) is 0 Å². The second-order valence-corrected chi connectivity index (χ2v) is 6.71. The summed E-state index contributed by atoms with van der Waals surface area (Å²) in [6, 6.07) is 0. The fourth-order valence-corrected chi connectivity index (χ4v) is 3.73. The Morgan fingerprint density at radius 1 is 1.19 bits per heavy atom. The van der Waals surface area contributed by atoms with Gasteiger partial charge in [-0.25, -0.2) is 4.79 Å². The molecule has 10 nitrogen and oxygen atoms in total. The van der Waals surface area contributed by atoms with Crippen molar-refractivity contribution in [2.24, 2.45) is 11.8 Å². The molecule has 0 spiro atoms. The molecular weight excluding hydrogens is 364 g/mol. The molecule has 0 unspecified atom stereocenters. The number of fused-ring (bicyclic) bond motifs is 1. The lowest BCUT2D eigenvalue weighted by molar-refractivity contribution is -0.339. The Balaban J connectivity index is 1.80. The first-order valence-electron chi connectivity index (χ1n) is 8.62. The Bertz CT molecular complexity index is 615. The van der Waals surface area contributed by atoms with Crippen molar-refractivity contribution in [1.82, 2.24) is 0 Å². The Morgan fingerprint density at radius 3 is 2.56 bits per heavy atom. The maximum absolute atomic E-state index is 12.0. The van der Waals surface area contributed by atoms with Crippen LogP contribution in [0.2, 0.25) is 0 Å². The molecule has 152 valence electrons. The molecule has 2 heterocycles. The molecule has 1 fully saturated rings. The Hall–Kier alpha value is -1.53. The number of hydrogen-bond donors (Lipinski definition) is 5. The second-order valence-electron chi connectivity index (χ2n) is 6.71. The fraction of sp³-hybridized carbons (Fsp3) is 0.706. The molecule has 0 aromatic heterocycles. The van der Waals surface area contributed by atoms with Crippen LogP contribution >= 0.6 is 0 Å². The number of aliphatic hydroxyl groups is 5. The molecule has 2 aliphatic heterocycles. The van der Waals surface area contributed by atoms with Crippen LogP contribution in [-0.4, -0.2) is 88.8 Å². The zero-order valence-corrected chi connectivity index (χ0v) is 14.7. The first-order valence-corrected chi connectivity index (χ1v) is 8.62. The summed E-state index contributed by atoms with van der Waals surface area (Å²) < 4.78 is 21.3. The van der Waals surface area contributed by atoms with Crippen molar-refractivity contribution in [3.63, 3.8) is 0 Å². The van der Waals surface area contributed by atoms with Crippen LogP contribution in [-0.2, 0) is 23.7 Å². The molecule has 3 rings (SSSR count). The van der Waals surface area contributed by atoms with Gasteiger partial charge in [0, 0.05) is 5.92 Å². The van der Waals surface area contributed by atoms with Crippen molar-refractivity contribution in [3.8, 4) is 0 Å². The normalized spacial score (nSPS) is 41.3. The molecule has 0 amide bonds. The van der Waals surface area contributed by atoms with E-state index in [0.29, 0.717) is 17.6 Å². The van der Waals surface area contributed by atoms with E-state index in [1.54, 1.807) is 6.08 Å². The summed E-state index contributed by atoms with van der Waals surface area (Å²) in [6.45, 7) is -0.857. The third-order valence-electron chi connectivity index (χ3n) is 5.24. The summed E-state index contributed by atoms with van der Waals surface area (Å²) >= 11 is 0. The summed E-state index contributed by atoms with van der Waals surface area (Å²) in [7, 11) is 1.25. The van der Waals surface area contributed by atoms with Gasteiger partial charge < -0.3 is 44.5 Å². The maximum atomic E-state index is 12.0. The number of allylic oxidation sites excluding steroid dienone is 1. The number of esters is 1. The van der Waals surface area contributed by atoms with Gasteiger partial charge in [0.25, 0.3) is 0 Å². The maximum Gasteiger partial charge on any atom is 0.337 e. The SMILES string of the molecule is COC(=O)C1=CO[C@@H](O[C@H]2O[C@@H](CO)[C@@H](O)[C@@H](O)[C@H]2O)[C@@H]2C(CO)=CC[C@H]12. The fourth-order valence-electron chi connectivity index (χ4n) is 3.73. The molecule has 1 aliphatic carbocycles. The lowest BCUT2D eigenvalue weighted by Gasteiger charge is -2.42. The standard InChI is InChI=1S/C17H24O10/c1-24-15(23)9-6-25-16(11-7(4-18)2-3-8(9)11)27-17-14(22)13(21)12(20)10(5-19)26-17/h2,6,8,10-14,16-22H,3-5H2,1H3/t8-,10+,11-,12-,13-,14-,16+,17-/m1/s1. The van der Waals surface area contributed by atoms with E-state index >= 15 is 0 Å². The minimum absolute atomic E-state index is 0.270. The van der Waals surface area contributed by atoms with Crippen LogP contribution in [0.3, 0.4) is 0 Å². The predicted octanol–water partition coefficient (Wildman–Crippen LogP) is -2.23. The van der Waals surface area contributed by atoms with Gasteiger partial charge in [0.1, 0.15) is 24.4 Å². The van der Waals surface area contributed by atoms with Crippen LogP contribution in [0.1, 0.15) is 6.42 Å². The van der Waals surface area contributed by atoms with Crippen molar-refractivity contribution in [2.45, 2.75) is 43.4 Å². The molecule has 0 aromatic rings. The van der Waals surface area contributed by atoms with E-state index in [4.69, 9.17) is 18.9 Å². The van der Waals surface area contributed by atoms with Crippen molar-refractivity contribution >= 4 is 5.97 Å². The Morgan fingerprint density at radius 2 is 1.93 bits per heavy atom. The number of hydrogen-bond acceptors (Lipinski definition) is 10. The summed E-state index contributed by atoms with van der Waals surface area (Å²) in [5, 5.41) is 48.8. The predicted molar refractivity (Wildman–Crippen MR) is 86.6 cm³/mol. The lowest BCUT2D eigenvalue weighted by Crippen LogP contribution is -2.60. The third-order valence-corrected chi connectivity index (χ3v) is 5.24. The van der Waals surface area contributed by atoms with E-state index in [1.807, 2.05) is 0 Å². The first kappa shape index (κ1) is 20.2. The average Bonchev–Trinajstić information content (AvgIpc) is 3.12. The number of carbonyl (C=O) groups excluding carboxylic acids is 1. The van der Waals surface area contributed by atoms with E-state index in [0.717, 1.165) is 0 Å². The van der Waals surface area contributed by atoms with Crippen LogP contribution < -0.4 is 0 Å². The number of aliphatic hydroxyl groups excluding tert-OH is 5. The molecule has 3 aliphatic rings. The molecule has 0 radical (unpaired) electrons. The van der Waals surface area contributed by atoms with Crippen LogP contribution in [0.4, 0.5) is 0 Å². The van der Waals surface area contributed by atoms with E-state index in [9.17, 15) is 30.3 Å². The zero-order chi connectivity index (χ0) is 19.7. The lowest BCUT2D eigenvalue weighted by atomic mass is 9.83. The van der Waals surface area contributed by atoms with Gasteiger partial charge in [0.05, 0.1) is 38.1 Å². The number of ether oxygens (including phenoxy) is 4. The Kier molecular flexibility index (Phi) is 6.16. The topological polar surface area (TPSA) is 155 Å². The molecule has 8 atom stereocenters. The van der Waals surface area contributed by atoms with Crippen molar-refractivity contribution in [2.75, 3.05) is 20.3 Å². The second kappa shape index (κ2) is 8.23. The van der Waals surface area contributed by atoms with Gasteiger partial charge in [0.15, 0.2) is 6.29 Å². The zero-order valence-electron chi connectivity index (χ0n) is 14.7. The first-order chi connectivity index (χ1) is 12.9. The molecule has 1 saturated heterocycles. The minimum Gasteiger partial charge on any atom is -0.471 e. The van der Waals surface area contributed by atoms with Gasteiger partial charge in [-0.2, -0.15) is 0 Å². The smallest absolute Gasteiger partial charge is 0.337 e. The van der Waals surface area contributed by atoms with Crippen LogP contribution in [0.5, 0.6) is 0 Å². The van der Waals surface area contributed by atoms with Gasteiger partial charge in [0.2, 0.25) is 6.29 Å². The molecule has 0 bridgehead atoms. The van der Waals surface area contributed by atoms with E-state index in [2.05, 4.69) is 0 Å². The van der Waals surface area contributed by atoms with Crippen LogP contribution in [0.25, 0.3) is 0 Å². The van der Waals surface area contributed by atoms with E-state index in [1.165, 1.54) is 13.4 Å². The highest BCUT2D eigenvalue weighted by Gasteiger charge is 2.49. The molecule has 27 heavy (non-hydrogen) atoms. The monoisotopic (exact) mass is 388 g/mol. The van der Waals surface area contributed by atoms with Gasteiger partial charge >= 0.3 is 5.97 Å². The molecular formula is C17H24O10. The molecule has 10 heteroatoms. The highest BCUT2D eigenvalue weighted by atomic mass is 16.8. The quantitative estimate of drug-likeness (QED) is 0.258. The van der Waals surface area contributed by atoms with E-state index in [-0.39, 0.29) is 12.5 Å². The molecule has 5 N–H and O–H groups in total. The van der Waals surface area contributed by atoms with Crippen molar-refractivity contribution in [1.29, 1.82) is 0 Å². The number of carbonyl (C=O) groups is 1. The molecule has 0 aromatic carbocycles. The number of rotatable bonds is 5. The van der Waals surface area contributed by atoms with Crippen molar-refractivity contribution in [3.05, 3.63) is 23.5 Å². The van der Waals surface area contributed by atoms with E-state index < -0.39 is 55.5 Å². The summed E-state index contributed by atoms with van der Waals surface area (Å²) in [5.41, 5.74) is 0.903. The highest BCUT2D eigenvalue weighted by molar-refractivity contribution is 5.89. The molecule has 0 saturated carbocycles. The largest absolute Gasteiger partial charge is 0.471 e. The summed E-state index contributed by atoms with van der Waals surface area (Å²) in [6.07, 6.45) is -4.73. The van der Waals surface area contributed by atoms with Crippen LogP contribution in [0, 0.1) is 11.8 Å². The van der Waals surface area contributed by atoms with Gasteiger partial charge in [-0.05, 0) is 12.0 Å². The Labute approximate surface area is 155 Å². The van der Waals surface area contributed by atoms with Crippen LogP contribution in [0.15, 0.2) is 23.5 Å². The third kappa shape index (κ3) is 3.61. The van der Waals surface area contributed by atoms with Crippen molar-refractivity contribution < 1.29 is 49.3 Å². The average molecular weight is 388 g/mol. The number of methoxy groups -OCH3 is 1.